The van der Waals surface area contributed by atoms with Crippen molar-refractivity contribution in [1.82, 2.24) is 0 Å². The first-order chi connectivity index (χ1) is 9.31. The first-order valence-corrected chi connectivity index (χ1v) is 6.77. The Bertz CT molecular complexity index is 399. The van der Waals surface area contributed by atoms with E-state index in [2.05, 4.69) is 6.58 Å². The van der Waals surface area contributed by atoms with Crippen molar-refractivity contribution in [3.8, 4) is 11.5 Å². The summed E-state index contributed by atoms with van der Waals surface area (Å²) in [6, 6.07) is 5.24. The van der Waals surface area contributed by atoms with Gasteiger partial charge in [0, 0.05) is 5.56 Å². The number of carbonyl (C=O) groups is 1. The minimum Gasteiger partial charge on any atom is -0.490 e. The summed E-state index contributed by atoms with van der Waals surface area (Å²) >= 11 is 0. The third-order valence-electron chi connectivity index (χ3n) is 2.71. The third-order valence-corrected chi connectivity index (χ3v) is 2.71. The van der Waals surface area contributed by atoms with Crippen LogP contribution in [0.25, 0.3) is 0 Å². The Kier molecular flexibility index (Phi) is 7.40. The highest BCUT2D eigenvalue weighted by Gasteiger charge is 2.06. The van der Waals surface area contributed by atoms with E-state index in [0.29, 0.717) is 30.3 Å². The Labute approximate surface area is 115 Å². The van der Waals surface area contributed by atoms with Gasteiger partial charge in [0.15, 0.2) is 11.5 Å². The predicted octanol–water partition coefficient (Wildman–Crippen LogP) is 4.02. The number of ether oxygens (including phenoxy) is 2. The molecule has 0 aliphatic rings. The second-order valence-corrected chi connectivity index (χ2v) is 4.24. The standard InChI is InChI=1S/C16H22O3/c1-3-5-6-7-8-11-19-15-10-9-14(13-17)12-16(15)18-4-2/h3,9-10,12-13H,1,4-8,11H2,2H3. The lowest BCUT2D eigenvalue weighted by atomic mass is 10.2. The molecule has 0 saturated carbocycles. The van der Waals surface area contributed by atoms with Gasteiger partial charge < -0.3 is 9.47 Å². The van der Waals surface area contributed by atoms with Gasteiger partial charge in [0.2, 0.25) is 0 Å². The summed E-state index contributed by atoms with van der Waals surface area (Å²) in [5, 5.41) is 0. The van der Waals surface area contributed by atoms with E-state index < -0.39 is 0 Å². The van der Waals surface area contributed by atoms with Crippen LogP contribution in [0.15, 0.2) is 30.9 Å². The van der Waals surface area contributed by atoms with Gasteiger partial charge in [0.05, 0.1) is 13.2 Å². The minimum atomic E-state index is 0.554. The van der Waals surface area contributed by atoms with E-state index in [9.17, 15) is 4.79 Å². The number of benzene rings is 1. The zero-order valence-corrected chi connectivity index (χ0v) is 11.6. The Morgan fingerprint density at radius 1 is 1.16 bits per heavy atom. The minimum absolute atomic E-state index is 0.554. The van der Waals surface area contributed by atoms with Gasteiger partial charge >= 0.3 is 0 Å². The van der Waals surface area contributed by atoms with Gasteiger partial charge in [0.25, 0.3) is 0 Å². The van der Waals surface area contributed by atoms with Gasteiger partial charge in [-0.05, 0) is 50.8 Å². The number of carbonyl (C=O) groups excluding carboxylic acids is 1. The van der Waals surface area contributed by atoms with Gasteiger partial charge in [0.1, 0.15) is 6.29 Å². The smallest absolute Gasteiger partial charge is 0.161 e. The van der Waals surface area contributed by atoms with Crippen molar-refractivity contribution in [3.63, 3.8) is 0 Å². The van der Waals surface area contributed by atoms with E-state index in [4.69, 9.17) is 9.47 Å². The summed E-state index contributed by atoms with van der Waals surface area (Å²) in [6.45, 7) is 6.83. The molecule has 0 bridgehead atoms. The molecular formula is C16H22O3. The zero-order valence-electron chi connectivity index (χ0n) is 11.6. The fourth-order valence-electron chi connectivity index (χ4n) is 1.74. The maximum atomic E-state index is 10.7. The van der Waals surface area contributed by atoms with Crippen LogP contribution >= 0.6 is 0 Å². The molecule has 3 nitrogen and oxygen atoms in total. The summed E-state index contributed by atoms with van der Waals surface area (Å²) < 4.78 is 11.2. The van der Waals surface area contributed by atoms with Crippen LogP contribution in [0.2, 0.25) is 0 Å². The lowest BCUT2D eigenvalue weighted by Gasteiger charge is -2.12. The third kappa shape index (κ3) is 5.60. The number of rotatable bonds is 10. The van der Waals surface area contributed by atoms with Crippen molar-refractivity contribution in [2.24, 2.45) is 0 Å². The molecule has 0 atom stereocenters. The molecule has 0 aliphatic carbocycles. The Balaban J connectivity index is 2.47. The molecule has 0 N–H and O–H groups in total. The van der Waals surface area contributed by atoms with E-state index in [1.807, 2.05) is 13.0 Å². The van der Waals surface area contributed by atoms with Crippen molar-refractivity contribution in [2.75, 3.05) is 13.2 Å². The van der Waals surface area contributed by atoms with Crippen molar-refractivity contribution in [1.29, 1.82) is 0 Å². The van der Waals surface area contributed by atoms with Crippen molar-refractivity contribution in [2.45, 2.75) is 32.6 Å². The monoisotopic (exact) mass is 262 g/mol. The number of allylic oxidation sites excluding steroid dienone is 1. The molecule has 0 saturated heterocycles. The van der Waals surface area contributed by atoms with Crippen LogP contribution in [-0.4, -0.2) is 19.5 Å². The average Bonchev–Trinajstić information content (AvgIpc) is 2.44. The maximum Gasteiger partial charge on any atom is 0.161 e. The predicted molar refractivity (Wildman–Crippen MR) is 77.2 cm³/mol. The normalized spacial score (nSPS) is 9.95. The summed E-state index contributed by atoms with van der Waals surface area (Å²) in [5.74, 6) is 1.34. The molecule has 104 valence electrons. The molecule has 3 heteroatoms. The number of unbranched alkanes of at least 4 members (excludes halogenated alkanes) is 3. The fraction of sp³-hybridized carbons (Fsp3) is 0.438. The fourth-order valence-corrected chi connectivity index (χ4v) is 1.74. The van der Waals surface area contributed by atoms with Gasteiger partial charge in [-0.25, -0.2) is 0 Å². The second kappa shape index (κ2) is 9.20. The number of aldehydes is 1. The van der Waals surface area contributed by atoms with E-state index in [-0.39, 0.29) is 0 Å². The summed E-state index contributed by atoms with van der Waals surface area (Å²) in [7, 11) is 0. The summed E-state index contributed by atoms with van der Waals surface area (Å²) in [5.41, 5.74) is 0.599. The second-order valence-electron chi connectivity index (χ2n) is 4.24. The first kappa shape index (κ1) is 15.3. The van der Waals surface area contributed by atoms with Crippen LogP contribution in [0.5, 0.6) is 11.5 Å². The first-order valence-electron chi connectivity index (χ1n) is 6.77. The highest BCUT2D eigenvalue weighted by atomic mass is 16.5. The lowest BCUT2D eigenvalue weighted by Crippen LogP contribution is -2.01. The van der Waals surface area contributed by atoms with Gasteiger partial charge in [-0.15, -0.1) is 6.58 Å². The quantitative estimate of drug-likeness (QED) is 0.363. The molecular weight excluding hydrogens is 240 g/mol. The summed E-state index contributed by atoms with van der Waals surface area (Å²) in [4.78, 5) is 10.7. The molecule has 0 aliphatic heterocycles. The van der Waals surface area contributed by atoms with Crippen LogP contribution in [0, 0.1) is 0 Å². The number of hydrogen-bond acceptors (Lipinski definition) is 3. The molecule has 0 radical (unpaired) electrons. The van der Waals surface area contributed by atoms with E-state index in [1.165, 1.54) is 0 Å². The molecule has 1 aromatic rings. The van der Waals surface area contributed by atoms with Crippen LogP contribution < -0.4 is 9.47 Å². The molecule has 0 aromatic heterocycles. The van der Waals surface area contributed by atoms with Crippen LogP contribution in [-0.2, 0) is 0 Å². The molecule has 19 heavy (non-hydrogen) atoms. The molecule has 0 fully saturated rings. The molecule has 0 amide bonds. The van der Waals surface area contributed by atoms with Crippen LogP contribution in [0.1, 0.15) is 43.0 Å². The Morgan fingerprint density at radius 2 is 2.00 bits per heavy atom. The maximum absolute atomic E-state index is 10.7. The van der Waals surface area contributed by atoms with Crippen molar-refractivity contribution >= 4 is 6.29 Å². The van der Waals surface area contributed by atoms with E-state index >= 15 is 0 Å². The molecule has 0 unspecified atom stereocenters. The van der Waals surface area contributed by atoms with E-state index in [1.54, 1.807) is 18.2 Å². The SMILES string of the molecule is C=CCCCCCOc1ccc(C=O)cc1OCC. The van der Waals surface area contributed by atoms with Crippen molar-refractivity contribution in [3.05, 3.63) is 36.4 Å². The van der Waals surface area contributed by atoms with Crippen molar-refractivity contribution < 1.29 is 14.3 Å². The molecule has 0 spiro atoms. The molecule has 1 rings (SSSR count). The average molecular weight is 262 g/mol. The Hall–Kier alpha value is -1.77. The molecule has 1 aromatic carbocycles. The van der Waals surface area contributed by atoms with Crippen LogP contribution in [0.4, 0.5) is 0 Å². The highest BCUT2D eigenvalue weighted by molar-refractivity contribution is 5.76. The molecule has 0 heterocycles. The highest BCUT2D eigenvalue weighted by Crippen LogP contribution is 2.28. The number of hydrogen-bond donors (Lipinski definition) is 0. The topological polar surface area (TPSA) is 35.5 Å². The largest absolute Gasteiger partial charge is 0.490 e. The van der Waals surface area contributed by atoms with Gasteiger partial charge in [-0.3, -0.25) is 4.79 Å². The summed E-state index contributed by atoms with van der Waals surface area (Å²) in [6.07, 6.45) is 7.08. The van der Waals surface area contributed by atoms with Crippen LogP contribution in [0.3, 0.4) is 0 Å². The zero-order chi connectivity index (χ0) is 13.9. The van der Waals surface area contributed by atoms with Gasteiger partial charge in [-0.1, -0.05) is 6.08 Å². The Morgan fingerprint density at radius 3 is 2.68 bits per heavy atom. The lowest BCUT2D eigenvalue weighted by molar-refractivity contribution is 0.112. The van der Waals surface area contributed by atoms with E-state index in [0.717, 1.165) is 32.0 Å². The van der Waals surface area contributed by atoms with Gasteiger partial charge in [-0.2, -0.15) is 0 Å².